The lowest BCUT2D eigenvalue weighted by atomic mass is 10.2. The fourth-order valence-corrected chi connectivity index (χ4v) is 1.97. The zero-order valence-corrected chi connectivity index (χ0v) is 14.4. The predicted molar refractivity (Wildman–Crippen MR) is 92.1 cm³/mol. The van der Waals surface area contributed by atoms with E-state index in [4.69, 9.17) is 26.4 Å². The summed E-state index contributed by atoms with van der Waals surface area (Å²) >= 11 is 5.10. The first-order chi connectivity index (χ1) is 11.0. The third-order valence-corrected chi connectivity index (χ3v) is 2.82. The summed E-state index contributed by atoms with van der Waals surface area (Å²) in [4.78, 5) is 11.0. The summed E-state index contributed by atoms with van der Waals surface area (Å²) in [5.41, 5.74) is 3.47. The largest absolute Gasteiger partial charge is 0.493 e. The molecule has 0 amide bonds. The minimum absolute atomic E-state index is 0.0818. The average molecular weight is 339 g/mol. The molecule has 2 N–H and O–H groups in total. The Balaban J connectivity index is 2.63. The maximum Gasteiger partial charge on any atom is 0.308 e. The SMILES string of the molecule is COC[C@@H](C)NC(=S)N/N=C\c1ccc(OC(C)=O)c(OC)c1. The third-order valence-electron chi connectivity index (χ3n) is 2.62. The Morgan fingerprint density at radius 1 is 1.39 bits per heavy atom. The highest BCUT2D eigenvalue weighted by Gasteiger charge is 2.07. The monoisotopic (exact) mass is 339 g/mol. The molecule has 7 nitrogen and oxygen atoms in total. The number of hydrazone groups is 1. The molecule has 0 bridgehead atoms. The maximum absolute atomic E-state index is 11.0. The van der Waals surface area contributed by atoms with Gasteiger partial charge in [0.1, 0.15) is 0 Å². The van der Waals surface area contributed by atoms with Gasteiger partial charge in [0.25, 0.3) is 0 Å². The number of thiocarbonyl (C=S) groups is 1. The molecule has 0 saturated carbocycles. The molecule has 0 unspecified atom stereocenters. The van der Waals surface area contributed by atoms with E-state index in [0.717, 1.165) is 5.56 Å². The number of carbonyl (C=O) groups excluding carboxylic acids is 1. The van der Waals surface area contributed by atoms with Crippen LogP contribution in [0, 0.1) is 0 Å². The zero-order valence-electron chi connectivity index (χ0n) is 13.6. The Morgan fingerprint density at radius 3 is 2.74 bits per heavy atom. The Bertz CT molecular complexity index is 578. The molecule has 1 atom stereocenters. The first-order valence-electron chi connectivity index (χ1n) is 6.91. The van der Waals surface area contributed by atoms with Gasteiger partial charge in [0.2, 0.25) is 0 Å². The summed E-state index contributed by atoms with van der Waals surface area (Å²) in [5, 5.41) is 7.46. The van der Waals surface area contributed by atoms with Gasteiger partial charge in [-0.1, -0.05) is 0 Å². The van der Waals surface area contributed by atoms with Gasteiger partial charge < -0.3 is 19.5 Å². The van der Waals surface area contributed by atoms with Gasteiger partial charge in [-0.25, -0.2) is 0 Å². The number of benzene rings is 1. The number of nitrogens with one attached hydrogen (secondary N) is 2. The van der Waals surface area contributed by atoms with Crippen LogP contribution in [0.5, 0.6) is 11.5 Å². The summed E-state index contributed by atoms with van der Waals surface area (Å²) in [7, 11) is 3.12. The molecule has 0 aromatic heterocycles. The minimum atomic E-state index is -0.409. The molecule has 0 heterocycles. The molecule has 0 aliphatic carbocycles. The molecule has 0 saturated heterocycles. The van der Waals surface area contributed by atoms with Gasteiger partial charge in [-0.05, 0) is 42.9 Å². The molecular formula is C15H21N3O4S. The molecule has 0 aliphatic heterocycles. The van der Waals surface area contributed by atoms with Gasteiger partial charge in [0.15, 0.2) is 16.6 Å². The Kier molecular flexibility index (Phi) is 8.00. The Hall–Kier alpha value is -2.19. The number of nitrogens with zero attached hydrogens (tertiary/aromatic N) is 1. The van der Waals surface area contributed by atoms with Crippen LogP contribution in [0.2, 0.25) is 0 Å². The Labute approximate surface area is 141 Å². The molecular weight excluding hydrogens is 318 g/mol. The highest BCUT2D eigenvalue weighted by atomic mass is 32.1. The van der Waals surface area contributed by atoms with Gasteiger partial charge in [-0.2, -0.15) is 5.10 Å². The fourth-order valence-electron chi connectivity index (χ4n) is 1.72. The van der Waals surface area contributed by atoms with E-state index >= 15 is 0 Å². The highest BCUT2D eigenvalue weighted by molar-refractivity contribution is 7.80. The summed E-state index contributed by atoms with van der Waals surface area (Å²) in [6.07, 6.45) is 1.58. The smallest absolute Gasteiger partial charge is 0.308 e. The van der Waals surface area contributed by atoms with Crippen molar-refractivity contribution in [1.29, 1.82) is 0 Å². The van der Waals surface area contributed by atoms with E-state index in [1.165, 1.54) is 14.0 Å². The normalized spacial score (nSPS) is 11.8. The van der Waals surface area contributed by atoms with Crippen molar-refractivity contribution in [3.05, 3.63) is 23.8 Å². The van der Waals surface area contributed by atoms with E-state index in [1.807, 2.05) is 6.92 Å². The van der Waals surface area contributed by atoms with E-state index < -0.39 is 5.97 Å². The van der Waals surface area contributed by atoms with Crippen molar-refractivity contribution in [1.82, 2.24) is 10.7 Å². The van der Waals surface area contributed by atoms with E-state index in [-0.39, 0.29) is 6.04 Å². The molecule has 0 spiro atoms. The van der Waals surface area contributed by atoms with Crippen LogP contribution < -0.4 is 20.2 Å². The third kappa shape index (κ3) is 7.07. The van der Waals surface area contributed by atoms with Crippen molar-refractivity contribution in [2.24, 2.45) is 5.10 Å². The van der Waals surface area contributed by atoms with Crippen molar-refractivity contribution in [2.75, 3.05) is 20.8 Å². The fraction of sp³-hybridized carbons (Fsp3) is 0.400. The molecule has 1 rings (SSSR count). The first-order valence-corrected chi connectivity index (χ1v) is 7.32. The van der Waals surface area contributed by atoms with Crippen molar-refractivity contribution in [2.45, 2.75) is 19.9 Å². The van der Waals surface area contributed by atoms with Crippen LogP contribution in [0.1, 0.15) is 19.4 Å². The maximum atomic E-state index is 11.0. The quantitative estimate of drug-likeness (QED) is 0.256. The molecule has 8 heteroatoms. The number of hydrogen-bond donors (Lipinski definition) is 2. The van der Waals surface area contributed by atoms with Crippen LogP contribution in [0.4, 0.5) is 0 Å². The zero-order chi connectivity index (χ0) is 17.2. The second kappa shape index (κ2) is 9.75. The number of ether oxygens (including phenoxy) is 3. The van der Waals surface area contributed by atoms with Crippen molar-refractivity contribution < 1.29 is 19.0 Å². The second-order valence-electron chi connectivity index (χ2n) is 4.70. The van der Waals surface area contributed by atoms with Crippen molar-refractivity contribution in [3.63, 3.8) is 0 Å². The van der Waals surface area contributed by atoms with Gasteiger partial charge in [-0.3, -0.25) is 10.2 Å². The summed E-state index contributed by atoms with van der Waals surface area (Å²) in [5.74, 6) is 0.391. The lowest BCUT2D eigenvalue weighted by Crippen LogP contribution is -2.40. The van der Waals surface area contributed by atoms with Crippen LogP contribution in [0.25, 0.3) is 0 Å². The highest BCUT2D eigenvalue weighted by Crippen LogP contribution is 2.27. The number of rotatable bonds is 7. The summed E-state index contributed by atoms with van der Waals surface area (Å²) < 4.78 is 15.2. The van der Waals surface area contributed by atoms with Gasteiger partial charge in [0.05, 0.1) is 19.9 Å². The summed E-state index contributed by atoms with van der Waals surface area (Å²) in [6.45, 7) is 3.82. The number of hydrogen-bond acceptors (Lipinski definition) is 6. The van der Waals surface area contributed by atoms with Crippen molar-refractivity contribution >= 4 is 29.5 Å². The number of methoxy groups -OCH3 is 2. The molecule has 126 valence electrons. The molecule has 1 aromatic rings. The number of esters is 1. The van der Waals surface area contributed by atoms with Crippen LogP contribution >= 0.6 is 12.2 Å². The van der Waals surface area contributed by atoms with Crippen LogP contribution in [0.3, 0.4) is 0 Å². The van der Waals surface area contributed by atoms with E-state index in [1.54, 1.807) is 31.5 Å². The van der Waals surface area contributed by atoms with E-state index in [9.17, 15) is 4.79 Å². The molecule has 0 radical (unpaired) electrons. The first kappa shape index (κ1) is 18.9. The number of carbonyl (C=O) groups is 1. The molecule has 23 heavy (non-hydrogen) atoms. The second-order valence-corrected chi connectivity index (χ2v) is 5.11. The van der Waals surface area contributed by atoms with E-state index in [2.05, 4.69) is 15.8 Å². The lowest BCUT2D eigenvalue weighted by Gasteiger charge is -2.13. The predicted octanol–water partition coefficient (Wildman–Crippen LogP) is 1.45. The minimum Gasteiger partial charge on any atom is -0.493 e. The topological polar surface area (TPSA) is 81.2 Å². The van der Waals surface area contributed by atoms with Crippen LogP contribution in [0.15, 0.2) is 23.3 Å². The van der Waals surface area contributed by atoms with Crippen LogP contribution in [-0.2, 0) is 9.53 Å². The van der Waals surface area contributed by atoms with Crippen LogP contribution in [-0.4, -0.2) is 44.2 Å². The van der Waals surface area contributed by atoms with E-state index in [0.29, 0.717) is 23.2 Å². The average Bonchev–Trinajstić information content (AvgIpc) is 2.48. The van der Waals surface area contributed by atoms with Gasteiger partial charge >= 0.3 is 5.97 Å². The molecule has 0 aliphatic rings. The Morgan fingerprint density at radius 2 is 2.13 bits per heavy atom. The van der Waals surface area contributed by atoms with Crippen molar-refractivity contribution in [3.8, 4) is 11.5 Å². The van der Waals surface area contributed by atoms with Gasteiger partial charge in [0, 0.05) is 20.1 Å². The van der Waals surface area contributed by atoms with Gasteiger partial charge in [-0.15, -0.1) is 0 Å². The summed E-state index contributed by atoms with van der Waals surface area (Å²) in [6, 6.07) is 5.17. The standard InChI is InChI=1S/C15H21N3O4S/c1-10(9-20-3)17-15(23)18-16-8-12-5-6-13(22-11(2)19)14(7-12)21-4/h5-8,10H,9H2,1-4H3,(H2,17,18,23)/b16-8-/t10-/m1/s1. The lowest BCUT2D eigenvalue weighted by molar-refractivity contribution is -0.132. The molecule has 1 aromatic carbocycles. The molecule has 0 fully saturated rings.